The molecule has 0 radical (unpaired) electrons. The van der Waals surface area contributed by atoms with Crippen molar-refractivity contribution >= 4 is 11.9 Å². The van der Waals surface area contributed by atoms with Crippen molar-refractivity contribution < 1.29 is 14.7 Å². The first kappa shape index (κ1) is 13.6. The molecular formula is C15H19NO3. The summed E-state index contributed by atoms with van der Waals surface area (Å²) in [7, 11) is 0. The molecule has 19 heavy (non-hydrogen) atoms. The third-order valence-electron chi connectivity index (χ3n) is 3.56. The van der Waals surface area contributed by atoms with Crippen molar-refractivity contribution in [3.8, 4) is 0 Å². The monoisotopic (exact) mass is 261 g/mol. The Hall–Kier alpha value is -1.84. The van der Waals surface area contributed by atoms with Gasteiger partial charge < -0.3 is 10.0 Å². The largest absolute Gasteiger partial charge is 0.478 e. The highest BCUT2D eigenvalue weighted by molar-refractivity contribution is 5.88. The number of aromatic carboxylic acids is 1. The standard InChI is InChI=1S/C15H19NO3/c1-15(2)6-7-16(10-15)13(17)9-11-4-3-5-12(8-11)14(18)19/h3-5,8H,6-7,9-10H2,1-2H3,(H,18,19). The van der Waals surface area contributed by atoms with Crippen LogP contribution in [0.2, 0.25) is 0 Å². The molecule has 2 rings (SSSR count). The molecule has 0 bridgehead atoms. The number of carbonyl (C=O) groups is 2. The molecule has 0 spiro atoms. The molecule has 0 aliphatic carbocycles. The van der Waals surface area contributed by atoms with Crippen molar-refractivity contribution in [2.24, 2.45) is 5.41 Å². The van der Waals surface area contributed by atoms with E-state index in [0.29, 0.717) is 0 Å². The lowest BCUT2D eigenvalue weighted by Gasteiger charge is -2.19. The van der Waals surface area contributed by atoms with E-state index in [1.165, 1.54) is 6.07 Å². The highest BCUT2D eigenvalue weighted by atomic mass is 16.4. The highest BCUT2D eigenvalue weighted by Gasteiger charge is 2.31. The Kier molecular flexibility index (Phi) is 3.60. The zero-order valence-corrected chi connectivity index (χ0v) is 11.3. The van der Waals surface area contributed by atoms with E-state index in [9.17, 15) is 9.59 Å². The van der Waals surface area contributed by atoms with Gasteiger partial charge in [-0.05, 0) is 29.5 Å². The van der Waals surface area contributed by atoms with Crippen LogP contribution in [0.1, 0.15) is 36.2 Å². The minimum absolute atomic E-state index is 0.0770. The zero-order chi connectivity index (χ0) is 14.0. The van der Waals surface area contributed by atoms with Gasteiger partial charge in [0.1, 0.15) is 0 Å². The van der Waals surface area contributed by atoms with Crippen LogP contribution in [0.4, 0.5) is 0 Å². The third kappa shape index (κ3) is 3.34. The number of hydrogen-bond donors (Lipinski definition) is 1. The molecule has 0 unspecified atom stereocenters. The van der Waals surface area contributed by atoms with Crippen molar-refractivity contribution in [1.29, 1.82) is 0 Å². The Morgan fingerprint density at radius 1 is 1.37 bits per heavy atom. The van der Waals surface area contributed by atoms with Crippen LogP contribution in [0.5, 0.6) is 0 Å². The number of amides is 1. The van der Waals surface area contributed by atoms with Gasteiger partial charge in [0.15, 0.2) is 0 Å². The summed E-state index contributed by atoms with van der Waals surface area (Å²) >= 11 is 0. The fourth-order valence-electron chi connectivity index (χ4n) is 2.43. The molecule has 1 aromatic carbocycles. The first-order chi connectivity index (χ1) is 8.87. The summed E-state index contributed by atoms with van der Waals surface area (Å²) in [4.78, 5) is 24.9. The van der Waals surface area contributed by atoms with Gasteiger partial charge >= 0.3 is 5.97 Å². The molecule has 0 aromatic heterocycles. The lowest BCUT2D eigenvalue weighted by Crippen LogP contribution is -2.31. The summed E-state index contributed by atoms with van der Waals surface area (Å²) in [5, 5.41) is 8.93. The maximum Gasteiger partial charge on any atom is 0.335 e. The summed E-state index contributed by atoms with van der Waals surface area (Å²) < 4.78 is 0. The molecule has 1 saturated heterocycles. The highest BCUT2D eigenvalue weighted by Crippen LogP contribution is 2.29. The number of nitrogens with zero attached hydrogens (tertiary/aromatic N) is 1. The molecule has 0 saturated carbocycles. The van der Waals surface area contributed by atoms with Crippen molar-refractivity contribution in [3.05, 3.63) is 35.4 Å². The smallest absolute Gasteiger partial charge is 0.335 e. The van der Waals surface area contributed by atoms with E-state index in [1.807, 2.05) is 4.90 Å². The molecule has 1 aliphatic rings. The summed E-state index contributed by atoms with van der Waals surface area (Å²) in [5.74, 6) is -0.885. The van der Waals surface area contributed by atoms with Crippen LogP contribution >= 0.6 is 0 Å². The second-order valence-corrected chi connectivity index (χ2v) is 5.91. The topological polar surface area (TPSA) is 57.6 Å². The van der Waals surface area contributed by atoms with E-state index in [1.54, 1.807) is 18.2 Å². The van der Waals surface area contributed by atoms with Gasteiger partial charge in [-0.3, -0.25) is 4.79 Å². The number of carboxylic acids is 1. The molecule has 1 amide bonds. The maximum atomic E-state index is 12.2. The lowest BCUT2D eigenvalue weighted by molar-refractivity contribution is -0.129. The summed E-state index contributed by atoms with van der Waals surface area (Å²) in [5.41, 5.74) is 1.18. The minimum Gasteiger partial charge on any atom is -0.478 e. The van der Waals surface area contributed by atoms with Crippen molar-refractivity contribution in [1.82, 2.24) is 4.90 Å². The molecule has 1 N–H and O–H groups in total. The molecule has 1 fully saturated rings. The molecule has 102 valence electrons. The van der Waals surface area contributed by atoms with E-state index in [2.05, 4.69) is 13.8 Å². The van der Waals surface area contributed by atoms with Crippen LogP contribution < -0.4 is 0 Å². The number of benzene rings is 1. The van der Waals surface area contributed by atoms with Gasteiger partial charge in [0.2, 0.25) is 5.91 Å². The van der Waals surface area contributed by atoms with Crippen LogP contribution in [0.3, 0.4) is 0 Å². The first-order valence-electron chi connectivity index (χ1n) is 6.47. The van der Waals surface area contributed by atoms with Crippen LogP contribution in [-0.2, 0) is 11.2 Å². The maximum absolute atomic E-state index is 12.2. The van der Waals surface area contributed by atoms with Gasteiger partial charge in [-0.15, -0.1) is 0 Å². The minimum atomic E-state index is -0.961. The summed E-state index contributed by atoms with van der Waals surface area (Å²) in [6.45, 7) is 5.89. The van der Waals surface area contributed by atoms with Crippen molar-refractivity contribution in [2.75, 3.05) is 13.1 Å². The molecule has 1 aromatic rings. The second-order valence-electron chi connectivity index (χ2n) is 5.91. The number of rotatable bonds is 3. The summed E-state index contributed by atoms with van der Waals surface area (Å²) in [6.07, 6.45) is 1.30. The summed E-state index contributed by atoms with van der Waals surface area (Å²) in [6, 6.07) is 6.59. The quantitative estimate of drug-likeness (QED) is 0.907. The van der Waals surface area contributed by atoms with Gasteiger partial charge in [0.25, 0.3) is 0 Å². The first-order valence-corrected chi connectivity index (χ1v) is 6.47. The number of carbonyl (C=O) groups excluding carboxylic acids is 1. The van der Waals surface area contributed by atoms with Crippen LogP contribution in [0.15, 0.2) is 24.3 Å². The van der Waals surface area contributed by atoms with Crippen LogP contribution in [0.25, 0.3) is 0 Å². The van der Waals surface area contributed by atoms with E-state index in [4.69, 9.17) is 5.11 Å². The Labute approximate surface area is 113 Å². The van der Waals surface area contributed by atoms with E-state index in [-0.39, 0.29) is 23.3 Å². The number of carboxylic acid groups (broad SMARTS) is 1. The molecule has 0 atom stereocenters. The molecule has 4 nitrogen and oxygen atoms in total. The average molecular weight is 261 g/mol. The Morgan fingerprint density at radius 3 is 2.68 bits per heavy atom. The Balaban J connectivity index is 2.03. The van der Waals surface area contributed by atoms with Gasteiger partial charge in [-0.1, -0.05) is 26.0 Å². The SMILES string of the molecule is CC1(C)CCN(C(=O)Cc2cccc(C(=O)O)c2)C1. The van der Waals surface area contributed by atoms with Gasteiger partial charge in [-0.2, -0.15) is 0 Å². The Morgan fingerprint density at radius 2 is 2.11 bits per heavy atom. The van der Waals surface area contributed by atoms with Crippen molar-refractivity contribution in [3.63, 3.8) is 0 Å². The predicted molar refractivity (Wildman–Crippen MR) is 72.1 cm³/mol. The normalized spacial score (nSPS) is 17.5. The predicted octanol–water partition coefficient (Wildman–Crippen LogP) is 2.19. The van der Waals surface area contributed by atoms with Gasteiger partial charge in [0, 0.05) is 13.1 Å². The van der Waals surface area contributed by atoms with Crippen molar-refractivity contribution in [2.45, 2.75) is 26.7 Å². The second kappa shape index (κ2) is 5.03. The fraction of sp³-hybridized carbons (Fsp3) is 0.467. The fourth-order valence-corrected chi connectivity index (χ4v) is 2.43. The van der Waals surface area contributed by atoms with Gasteiger partial charge in [-0.25, -0.2) is 4.79 Å². The molecule has 4 heteroatoms. The average Bonchev–Trinajstić information content (AvgIpc) is 2.70. The molecule has 1 heterocycles. The zero-order valence-electron chi connectivity index (χ0n) is 11.3. The Bertz CT molecular complexity index is 508. The van der Waals surface area contributed by atoms with Crippen LogP contribution in [-0.4, -0.2) is 35.0 Å². The molecular weight excluding hydrogens is 242 g/mol. The lowest BCUT2D eigenvalue weighted by atomic mass is 9.93. The van der Waals surface area contributed by atoms with Crippen LogP contribution in [0, 0.1) is 5.41 Å². The van der Waals surface area contributed by atoms with E-state index in [0.717, 1.165) is 25.1 Å². The molecule has 1 aliphatic heterocycles. The van der Waals surface area contributed by atoms with E-state index < -0.39 is 5.97 Å². The van der Waals surface area contributed by atoms with Gasteiger partial charge in [0.05, 0.1) is 12.0 Å². The number of likely N-dealkylation sites (tertiary alicyclic amines) is 1. The number of hydrogen-bond acceptors (Lipinski definition) is 2. The van der Waals surface area contributed by atoms with E-state index >= 15 is 0 Å². The third-order valence-corrected chi connectivity index (χ3v) is 3.56.